The molecule has 2 heterocycles. The summed E-state index contributed by atoms with van der Waals surface area (Å²) in [6, 6.07) is 12.2. The molecule has 0 N–H and O–H groups in total. The SMILES string of the molecule is O=C(CCOc1ccccc1F)N1CCC[C@@H](Cc2ccccn2)C1. The summed E-state index contributed by atoms with van der Waals surface area (Å²) in [5, 5.41) is 0. The Hall–Kier alpha value is -2.43. The number of para-hydroxylation sites is 1. The van der Waals surface area contributed by atoms with Gasteiger partial charge in [-0.15, -0.1) is 0 Å². The zero-order valence-electron chi connectivity index (χ0n) is 14.2. The van der Waals surface area contributed by atoms with Gasteiger partial charge in [-0.2, -0.15) is 0 Å². The Kier molecular flexibility index (Phi) is 5.99. The Bertz CT molecular complexity index is 693. The van der Waals surface area contributed by atoms with Crippen molar-refractivity contribution >= 4 is 5.91 Å². The van der Waals surface area contributed by atoms with Crippen molar-refractivity contribution in [3.8, 4) is 5.75 Å². The number of amides is 1. The van der Waals surface area contributed by atoms with Crippen LogP contribution in [0.3, 0.4) is 0 Å². The first kappa shape index (κ1) is 17.4. The van der Waals surface area contributed by atoms with Gasteiger partial charge in [0.15, 0.2) is 11.6 Å². The molecule has 1 aromatic heterocycles. The summed E-state index contributed by atoms with van der Waals surface area (Å²) >= 11 is 0. The molecular weight excluding hydrogens is 319 g/mol. The number of likely N-dealkylation sites (tertiary alicyclic amines) is 1. The lowest BCUT2D eigenvalue weighted by atomic mass is 9.93. The van der Waals surface area contributed by atoms with Crippen LogP contribution < -0.4 is 4.74 Å². The molecule has 1 saturated heterocycles. The number of hydrogen-bond donors (Lipinski definition) is 0. The molecule has 1 aliphatic heterocycles. The third-order valence-electron chi connectivity index (χ3n) is 4.51. The van der Waals surface area contributed by atoms with E-state index in [4.69, 9.17) is 4.74 Å². The van der Waals surface area contributed by atoms with Gasteiger partial charge in [-0.3, -0.25) is 9.78 Å². The van der Waals surface area contributed by atoms with Gasteiger partial charge in [0.1, 0.15) is 0 Å². The summed E-state index contributed by atoms with van der Waals surface area (Å²) in [5.74, 6) is 0.312. The minimum atomic E-state index is -0.400. The van der Waals surface area contributed by atoms with Gasteiger partial charge in [0.05, 0.1) is 13.0 Å². The zero-order chi connectivity index (χ0) is 17.5. The Labute approximate surface area is 147 Å². The maximum atomic E-state index is 13.5. The number of carbonyl (C=O) groups is 1. The van der Waals surface area contributed by atoms with Crippen LogP contribution in [0.2, 0.25) is 0 Å². The lowest BCUT2D eigenvalue weighted by molar-refractivity contribution is -0.133. The Morgan fingerprint density at radius 1 is 1.24 bits per heavy atom. The number of pyridine rings is 1. The number of ether oxygens (including phenoxy) is 1. The first-order valence-corrected chi connectivity index (χ1v) is 8.77. The van der Waals surface area contributed by atoms with E-state index in [2.05, 4.69) is 4.98 Å². The highest BCUT2D eigenvalue weighted by atomic mass is 19.1. The van der Waals surface area contributed by atoms with E-state index in [9.17, 15) is 9.18 Å². The van der Waals surface area contributed by atoms with Gasteiger partial charge in [0.25, 0.3) is 0 Å². The fraction of sp³-hybridized carbons (Fsp3) is 0.400. The topological polar surface area (TPSA) is 42.4 Å². The van der Waals surface area contributed by atoms with Crippen LogP contribution in [0, 0.1) is 11.7 Å². The molecule has 1 fully saturated rings. The minimum absolute atomic E-state index is 0.0714. The van der Waals surface area contributed by atoms with E-state index in [0.717, 1.165) is 38.0 Å². The van der Waals surface area contributed by atoms with Crippen LogP contribution in [0.15, 0.2) is 48.7 Å². The van der Waals surface area contributed by atoms with Gasteiger partial charge in [-0.25, -0.2) is 4.39 Å². The van der Waals surface area contributed by atoms with E-state index in [1.54, 1.807) is 24.4 Å². The second-order valence-electron chi connectivity index (χ2n) is 6.40. The number of rotatable bonds is 6. The van der Waals surface area contributed by atoms with E-state index in [-0.39, 0.29) is 24.7 Å². The van der Waals surface area contributed by atoms with Crippen LogP contribution >= 0.6 is 0 Å². The molecule has 25 heavy (non-hydrogen) atoms. The quantitative estimate of drug-likeness (QED) is 0.807. The van der Waals surface area contributed by atoms with Crippen molar-refractivity contribution < 1.29 is 13.9 Å². The molecule has 0 saturated carbocycles. The van der Waals surface area contributed by atoms with E-state index in [0.29, 0.717) is 5.92 Å². The predicted molar refractivity (Wildman–Crippen MR) is 93.8 cm³/mol. The molecule has 4 nitrogen and oxygen atoms in total. The van der Waals surface area contributed by atoms with Gasteiger partial charge in [0, 0.05) is 25.0 Å². The second kappa shape index (κ2) is 8.60. The van der Waals surface area contributed by atoms with Crippen LogP contribution in [0.4, 0.5) is 4.39 Å². The van der Waals surface area contributed by atoms with Crippen LogP contribution in [0.25, 0.3) is 0 Å². The van der Waals surface area contributed by atoms with Gasteiger partial charge in [-0.05, 0) is 49.4 Å². The molecule has 0 radical (unpaired) electrons. The molecule has 1 amide bonds. The van der Waals surface area contributed by atoms with Gasteiger partial charge < -0.3 is 9.64 Å². The number of piperidine rings is 1. The fourth-order valence-corrected chi connectivity index (χ4v) is 3.24. The van der Waals surface area contributed by atoms with Crippen molar-refractivity contribution in [2.75, 3.05) is 19.7 Å². The number of benzene rings is 1. The molecule has 1 aliphatic rings. The van der Waals surface area contributed by atoms with Crippen LogP contribution in [-0.2, 0) is 11.2 Å². The monoisotopic (exact) mass is 342 g/mol. The highest BCUT2D eigenvalue weighted by Crippen LogP contribution is 2.21. The number of nitrogens with zero attached hydrogens (tertiary/aromatic N) is 2. The second-order valence-corrected chi connectivity index (χ2v) is 6.40. The lowest BCUT2D eigenvalue weighted by Crippen LogP contribution is -2.41. The largest absolute Gasteiger partial charge is 0.490 e. The summed E-state index contributed by atoms with van der Waals surface area (Å²) < 4.78 is 18.9. The van der Waals surface area contributed by atoms with Crippen molar-refractivity contribution in [3.63, 3.8) is 0 Å². The molecular formula is C20H23FN2O2. The smallest absolute Gasteiger partial charge is 0.226 e. The van der Waals surface area contributed by atoms with Crippen molar-refractivity contribution in [2.24, 2.45) is 5.92 Å². The summed E-state index contributed by atoms with van der Waals surface area (Å²) in [6.07, 6.45) is 5.10. The van der Waals surface area contributed by atoms with Gasteiger partial charge in [0.2, 0.25) is 5.91 Å². The van der Waals surface area contributed by atoms with Gasteiger partial charge in [-0.1, -0.05) is 18.2 Å². The summed E-state index contributed by atoms with van der Waals surface area (Å²) in [7, 11) is 0. The lowest BCUT2D eigenvalue weighted by Gasteiger charge is -2.32. The van der Waals surface area contributed by atoms with E-state index in [1.807, 2.05) is 23.1 Å². The van der Waals surface area contributed by atoms with Crippen molar-refractivity contribution in [3.05, 3.63) is 60.2 Å². The zero-order valence-corrected chi connectivity index (χ0v) is 14.2. The minimum Gasteiger partial charge on any atom is -0.490 e. The van der Waals surface area contributed by atoms with Crippen LogP contribution in [0.1, 0.15) is 25.0 Å². The molecule has 5 heteroatoms. The number of carbonyl (C=O) groups excluding carboxylic acids is 1. The average Bonchev–Trinajstić information content (AvgIpc) is 2.64. The predicted octanol–water partition coefficient (Wildman–Crippen LogP) is 3.47. The van der Waals surface area contributed by atoms with Crippen LogP contribution in [0.5, 0.6) is 5.75 Å². The molecule has 0 aliphatic carbocycles. The number of aromatic nitrogens is 1. The van der Waals surface area contributed by atoms with Gasteiger partial charge >= 0.3 is 0 Å². The third kappa shape index (κ3) is 5.02. The Morgan fingerprint density at radius 3 is 2.88 bits per heavy atom. The number of hydrogen-bond acceptors (Lipinski definition) is 3. The highest BCUT2D eigenvalue weighted by molar-refractivity contribution is 5.76. The fourth-order valence-electron chi connectivity index (χ4n) is 3.24. The van der Waals surface area contributed by atoms with Crippen LogP contribution in [-0.4, -0.2) is 35.5 Å². The molecule has 1 atom stereocenters. The Morgan fingerprint density at radius 2 is 2.08 bits per heavy atom. The van der Waals surface area contributed by atoms with E-state index >= 15 is 0 Å². The third-order valence-corrected chi connectivity index (χ3v) is 4.51. The Balaban J connectivity index is 1.46. The highest BCUT2D eigenvalue weighted by Gasteiger charge is 2.24. The summed E-state index contributed by atoms with van der Waals surface area (Å²) in [4.78, 5) is 18.7. The molecule has 1 aromatic carbocycles. The van der Waals surface area contributed by atoms with Crippen molar-refractivity contribution in [1.82, 2.24) is 9.88 Å². The average molecular weight is 342 g/mol. The molecule has 0 spiro atoms. The first-order chi connectivity index (χ1) is 12.2. The van der Waals surface area contributed by atoms with E-state index < -0.39 is 5.82 Å². The molecule has 132 valence electrons. The molecule has 2 aromatic rings. The van der Waals surface area contributed by atoms with Crippen molar-refractivity contribution in [1.29, 1.82) is 0 Å². The van der Waals surface area contributed by atoms with E-state index in [1.165, 1.54) is 6.07 Å². The molecule has 3 rings (SSSR count). The maximum absolute atomic E-state index is 13.5. The summed E-state index contributed by atoms with van der Waals surface area (Å²) in [5.41, 5.74) is 1.07. The first-order valence-electron chi connectivity index (χ1n) is 8.77. The number of halogens is 1. The maximum Gasteiger partial charge on any atom is 0.226 e. The molecule has 0 unspecified atom stereocenters. The summed E-state index contributed by atoms with van der Waals surface area (Å²) in [6.45, 7) is 1.74. The molecule has 0 bridgehead atoms. The normalized spacial score (nSPS) is 17.3. The standard InChI is InChI=1S/C20H23FN2O2/c21-18-8-1-2-9-19(18)25-13-10-20(24)23-12-5-6-16(15-23)14-17-7-3-4-11-22-17/h1-4,7-9,11,16H,5-6,10,12-15H2/t16-/m0/s1. The van der Waals surface area contributed by atoms with Crippen molar-refractivity contribution in [2.45, 2.75) is 25.7 Å².